The monoisotopic (exact) mass is 577 g/mol. The van der Waals surface area contributed by atoms with E-state index in [2.05, 4.69) is 32.3 Å². The van der Waals surface area contributed by atoms with E-state index in [9.17, 15) is 4.39 Å². The van der Waals surface area contributed by atoms with Gasteiger partial charge in [-0.3, -0.25) is 0 Å². The highest BCUT2D eigenvalue weighted by molar-refractivity contribution is 14.0. The molecule has 3 rings (SSSR count). The largest absolute Gasteiger partial charge is 0.381 e. The van der Waals surface area contributed by atoms with Crippen molar-refractivity contribution >= 4 is 35.6 Å². The van der Waals surface area contributed by atoms with Gasteiger partial charge in [0.1, 0.15) is 5.82 Å². The van der Waals surface area contributed by atoms with E-state index in [1.807, 2.05) is 19.1 Å². The lowest BCUT2D eigenvalue weighted by Crippen LogP contribution is -2.46. The Morgan fingerprint density at radius 3 is 2.70 bits per heavy atom. The van der Waals surface area contributed by atoms with E-state index in [-0.39, 0.29) is 29.8 Å². The van der Waals surface area contributed by atoms with Crippen LogP contribution >= 0.6 is 24.0 Å². The van der Waals surface area contributed by atoms with Crippen molar-refractivity contribution in [1.29, 1.82) is 0 Å². The minimum absolute atomic E-state index is 0. The van der Waals surface area contributed by atoms with Crippen molar-refractivity contribution in [3.63, 3.8) is 0 Å². The summed E-state index contributed by atoms with van der Waals surface area (Å²) >= 11 is 0. The van der Waals surface area contributed by atoms with Crippen LogP contribution in [0.3, 0.4) is 0 Å². The third-order valence-electron chi connectivity index (χ3n) is 6.07. The molecule has 1 atom stereocenters. The molecule has 2 heterocycles. The number of rotatable bonds is 11. The highest BCUT2D eigenvalue weighted by atomic mass is 127. The quantitative estimate of drug-likeness (QED) is 0.183. The number of anilines is 1. The summed E-state index contributed by atoms with van der Waals surface area (Å²) in [5.41, 5.74) is 1.57. The maximum absolute atomic E-state index is 14.8. The van der Waals surface area contributed by atoms with Gasteiger partial charge >= 0.3 is 0 Å². The van der Waals surface area contributed by atoms with Crippen LogP contribution in [-0.4, -0.2) is 83.1 Å². The summed E-state index contributed by atoms with van der Waals surface area (Å²) in [6, 6.07) is 5.50. The second-order valence-corrected chi connectivity index (χ2v) is 8.49. The summed E-state index contributed by atoms with van der Waals surface area (Å²) in [6.45, 7) is 14.2. The van der Waals surface area contributed by atoms with Gasteiger partial charge in [-0.25, -0.2) is 9.38 Å². The van der Waals surface area contributed by atoms with E-state index in [1.165, 1.54) is 0 Å². The highest BCUT2D eigenvalue weighted by Crippen LogP contribution is 2.22. The first-order valence-corrected chi connectivity index (χ1v) is 12.1. The molecule has 2 aliphatic rings. The zero-order valence-electron chi connectivity index (χ0n) is 20.2. The number of ether oxygens (including phenoxy) is 2. The van der Waals surface area contributed by atoms with Crippen LogP contribution in [0.15, 0.2) is 23.2 Å². The minimum atomic E-state index is -0.162. The average molecular weight is 578 g/mol. The van der Waals surface area contributed by atoms with Crippen LogP contribution in [0.1, 0.15) is 32.3 Å². The highest BCUT2D eigenvalue weighted by Gasteiger charge is 2.18. The van der Waals surface area contributed by atoms with Crippen LogP contribution in [0.25, 0.3) is 0 Å². The van der Waals surface area contributed by atoms with Crippen molar-refractivity contribution in [2.75, 3.05) is 77.1 Å². The maximum atomic E-state index is 14.8. The van der Waals surface area contributed by atoms with Gasteiger partial charge in [-0.2, -0.15) is 0 Å². The summed E-state index contributed by atoms with van der Waals surface area (Å²) in [7, 11) is 0. The second-order valence-electron chi connectivity index (χ2n) is 8.49. The summed E-state index contributed by atoms with van der Waals surface area (Å²) < 4.78 is 25.9. The van der Waals surface area contributed by atoms with Gasteiger partial charge in [-0.05, 0) is 44.0 Å². The van der Waals surface area contributed by atoms with Crippen molar-refractivity contribution in [1.82, 2.24) is 15.5 Å². The zero-order chi connectivity index (χ0) is 22.6. The molecule has 1 unspecified atom stereocenters. The fourth-order valence-corrected chi connectivity index (χ4v) is 4.07. The van der Waals surface area contributed by atoms with Crippen LogP contribution in [0.2, 0.25) is 0 Å². The Morgan fingerprint density at radius 2 is 2.03 bits per heavy atom. The second kappa shape index (κ2) is 15.7. The predicted octanol–water partition coefficient (Wildman–Crippen LogP) is 3.08. The molecule has 0 radical (unpaired) electrons. The van der Waals surface area contributed by atoms with E-state index in [0.29, 0.717) is 18.2 Å². The van der Waals surface area contributed by atoms with Gasteiger partial charge in [0.15, 0.2) is 5.96 Å². The number of benzene rings is 1. The molecule has 0 bridgehead atoms. The van der Waals surface area contributed by atoms with Crippen molar-refractivity contribution in [3.8, 4) is 0 Å². The molecule has 7 nitrogen and oxygen atoms in total. The molecule has 1 aromatic rings. The summed E-state index contributed by atoms with van der Waals surface area (Å²) in [6.07, 6.45) is 2.01. The molecule has 2 N–H and O–H groups in total. The van der Waals surface area contributed by atoms with Crippen LogP contribution in [-0.2, 0) is 16.0 Å². The van der Waals surface area contributed by atoms with E-state index in [1.54, 1.807) is 6.07 Å². The van der Waals surface area contributed by atoms with E-state index >= 15 is 0 Å². The lowest BCUT2D eigenvalue weighted by molar-refractivity contribution is 0.0888. The third-order valence-corrected chi connectivity index (χ3v) is 6.07. The number of hydrogen-bond donors (Lipinski definition) is 2. The normalized spacial score (nSPS) is 19.4. The van der Waals surface area contributed by atoms with Gasteiger partial charge < -0.3 is 29.9 Å². The molecule has 188 valence electrons. The first-order chi connectivity index (χ1) is 15.7. The number of nitrogens with one attached hydrogen (secondary N) is 2. The van der Waals surface area contributed by atoms with Crippen molar-refractivity contribution in [3.05, 3.63) is 29.6 Å². The van der Waals surface area contributed by atoms with E-state index in [0.717, 1.165) is 96.6 Å². The molecule has 33 heavy (non-hydrogen) atoms. The smallest absolute Gasteiger partial charge is 0.191 e. The molecule has 0 aliphatic carbocycles. The van der Waals surface area contributed by atoms with Crippen LogP contribution in [0.5, 0.6) is 0 Å². The van der Waals surface area contributed by atoms with Gasteiger partial charge in [0.2, 0.25) is 0 Å². The van der Waals surface area contributed by atoms with Crippen LogP contribution < -0.4 is 15.5 Å². The molecule has 2 aliphatic heterocycles. The Labute approximate surface area is 215 Å². The molecule has 0 saturated carbocycles. The van der Waals surface area contributed by atoms with Crippen LogP contribution in [0, 0.1) is 11.7 Å². The van der Waals surface area contributed by atoms with Gasteiger partial charge in [-0.1, -0.05) is 13.0 Å². The predicted molar refractivity (Wildman–Crippen MR) is 143 cm³/mol. The van der Waals surface area contributed by atoms with Crippen molar-refractivity contribution < 1.29 is 13.9 Å². The Kier molecular flexibility index (Phi) is 13.3. The number of piperazine rings is 1. The van der Waals surface area contributed by atoms with Gasteiger partial charge in [0.05, 0.1) is 25.4 Å². The Hall–Kier alpha value is -1.17. The molecule has 9 heteroatoms. The maximum Gasteiger partial charge on any atom is 0.191 e. The lowest BCUT2D eigenvalue weighted by Gasteiger charge is -2.35. The number of aliphatic imine (C=N–C) groups is 1. The fourth-order valence-electron chi connectivity index (χ4n) is 4.07. The van der Waals surface area contributed by atoms with Gasteiger partial charge in [0.25, 0.3) is 0 Å². The standard InChI is InChI=1S/C24H40FN5O2.HI/c1-3-26-24(27-9-5-14-31-18-21-8-15-32-19-21)28-17-20-6-7-23(22(25)16-20)30-12-10-29(4-2)11-13-30;/h6-7,16,21H,3-5,8-15,17-19H2,1-2H3,(H2,26,27,28);1H. The van der Waals surface area contributed by atoms with Crippen molar-refractivity contribution in [2.24, 2.45) is 10.9 Å². The average Bonchev–Trinajstić information content (AvgIpc) is 3.33. The first-order valence-electron chi connectivity index (χ1n) is 12.1. The van der Waals surface area contributed by atoms with E-state index in [4.69, 9.17) is 9.47 Å². The molecular formula is C24H41FIN5O2. The number of hydrogen-bond acceptors (Lipinski definition) is 5. The Bertz CT molecular complexity index is 710. The molecule has 2 saturated heterocycles. The number of guanidine groups is 1. The SMILES string of the molecule is CCNC(=NCc1ccc(N2CCN(CC)CC2)c(F)c1)NCCCOCC1CCOC1.I. The molecule has 2 fully saturated rings. The van der Waals surface area contributed by atoms with E-state index < -0.39 is 0 Å². The van der Waals surface area contributed by atoms with Gasteiger partial charge in [-0.15, -0.1) is 24.0 Å². The summed E-state index contributed by atoms with van der Waals surface area (Å²) in [4.78, 5) is 9.15. The summed E-state index contributed by atoms with van der Waals surface area (Å²) in [5, 5.41) is 6.59. The zero-order valence-corrected chi connectivity index (χ0v) is 22.5. The van der Waals surface area contributed by atoms with Gasteiger partial charge in [0, 0.05) is 58.4 Å². The molecule has 0 spiro atoms. The molecule has 0 aromatic heterocycles. The minimum Gasteiger partial charge on any atom is -0.381 e. The van der Waals surface area contributed by atoms with Crippen LogP contribution in [0.4, 0.5) is 10.1 Å². The first kappa shape index (κ1) is 28.1. The fraction of sp³-hybridized carbons (Fsp3) is 0.708. The molecule has 0 amide bonds. The Morgan fingerprint density at radius 1 is 1.21 bits per heavy atom. The topological polar surface area (TPSA) is 61.4 Å². The molecular weight excluding hydrogens is 536 g/mol. The summed E-state index contributed by atoms with van der Waals surface area (Å²) in [5.74, 6) is 1.14. The van der Waals surface area contributed by atoms with Crippen molar-refractivity contribution in [2.45, 2.75) is 33.2 Å². The molecule has 1 aromatic carbocycles. The lowest BCUT2D eigenvalue weighted by atomic mass is 10.1. The number of halogens is 2. The Balaban J connectivity index is 0.00000385. The number of likely N-dealkylation sites (N-methyl/N-ethyl adjacent to an activating group) is 1. The number of nitrogens with zero attached hydrogens (tertiary/aromatic N) is 3. The third kappa shape index (κ3) is 9.54.